The van der Waals surface area contributed by atoms with Gasteiger partial charge in [0.05, 0.1) is 6.42 Å². The highest BCUT2D eigenvalue weighted by atomic mass is 35.5. The Morgan fingerprint density at radius 1 is 1.10 bits per heavy atom. The number of alkyl halides is 6. The molecular weight excluding hydrogens is 331 g/mol. The molecule has 0 heterocycles. The molecule has 0 aromatic rings. The van der Waals surface area contributed by atoms with Crippen molar-refractivity contribution in [3.8, 4) is 0 Å². The van der Waals surface area contributed by atoms with E-state index in [9.17, 15) is 41.1 Å². The standard InChI is InChI=1S/C5H5ClF2O2.C5H5F3O3/c1-3(9)2-4(10)5(6,7)8;1-2(4(10)11)3(9)5(6,7)8/h2H2,1H3;2H,1H3,(H,10,11). The van der Waals surface area contributed by atoms with E-state index in [0.717, 1.165) is 6.92 Å². The van der Waals surface area contributed by atoms with Crippen LogP contribution in [0.3, 0.4) is 0 Å². The first-order valence-electron chi connectivity index (χ1n) is 5.04. The molecule has 0 saturated heterocycles. The maximum absolute atomic E-state index is 11.7. The zero-order valence-corrected chi connectivity index (χ0v) is 11.4. The van der Waals surface area contributed by atoms with Crippen LogP contribution in [-0.2, 0) is 19.2 Å². The van der Waals surface area contributed by atoms with E-state index in [1.807, 2.05) is 0 Å². The number of halogens is 6. The zero-order valence-electron chi connectivity index (χ0n) is 10.6. The molecule has 1 N–H and O–H groups in total. The van der Waals surface area contributed by atoms with Gasteiger partial charge in [-0.3, -0.25) is 19.2 Å². The summed E-state index contributed by atoms with van der Waals surface area (Å²) in [6.07, 6.45) is -5.87. The van der Waals surface area contributed by atoms with Gasteiger partial charge in [-0.1, -0.05) is 0 Å². The monoisotopic (exact) mass is 340 g/mol. The molecule has 0 radical (unpaired) electrons. The van der Waals surface area contributed by atoms with Gasteiger partial charge >= 0.3 is 17.5 Å². The molecule has 1 atom stereocenters. The van der Waals surface area contributed by atoms with E-state index in [1.54, 1.807) is 0 Å². The van der Waals surface area contributed by atoms with Gasteiger partial charge in [0, 0.05) is 0 Å². The summed E-state index contributed by atoms with van der Waals surface area (Å²) < 4.78 is 57.8. The van der Waals surface area contributed by atoms with Crippen molar-refractivity contribution in [2.75, 3.05) is 0 Å². The molecule has 21 heavy (non-hydrogen) atoms. The maximum Gasteiger partial charge on any atom is 0.450 e. The molecule has 122 valence electrons. The number of Topliss-reactive ketones (excluding diaryl/α,β-unsaturated/α-hetero) is 3. The summed E-state index contributed by atoms with van der Waals surface area (Å²) in [7, 11) is 0. The molecule has 0 aromatic heterocycles. The number of ketones is 3. The second kappa shape index (κ2) is 8.01. The Bertz CT molecular complexity index is 427. The Labute approximate surface area is 120 Å². The van der Waals surface area contributed by atoms with Crippen LogP contribution >= 0.6 is 11.6 Å². The second-order valence-electron chi connectivity index (χ2n) is 3.72. The minimum atomic E-state index is -5.06. The molecule has 0 fully saturated rings. The van der Waals surface area contributed by atoms with Crippen molar-refractivity contribution in [1.82, 2.24) is 0 Å². The normalized spacial score (nSPS) is 12.8. The number of hydrogen-bond donors (Lipinski definition) is 1. The van der Waals surface area contributed by atoms with Gasteiger partial charge < -0.3 is 5.11 Å². The highest BCUT2D eigenvalue weighted by Gasteiger charge is 2.44. The van der Waals surface area contributed by atoms with Crippen LogP contribution < -0.4 is 0 Å². The lowest BCUT2D eigenvalue weighted by atomic mass is 10.1. The van der Waals surface area contributed by atoms with Crippen molar-refractivity contribution in [1.29, 1.82) is 0 Å². The lowest BCUT2D eigenvalue weighted by Crippen LogP contribution is -2.33. The van der Waals surface area contributed by atoms with E-state index >= 15 is 0 Å². The third-order valence-corrected chi connectivity index (χ3v) is 1.98. The Morgan fingerprint density at radius 3 is 1.57 bits per heavy atom. The fraction of sp³-hybridized carbons (Fsp3) is 0.600. The smallest absolute Gasteiger partial charge is 0.450 e. The molecule has 0 aliphatic rings. The van der Waals surface area contributed by atoms with E-state index in [4.69, 9.17) is 5.11 Å². The van der Waals surface area contributed by atoms with Gasteiger partial charge in [0.1, 0.15) is 11.7 Å². The van der Waals surface area contributed by atoms with Crippen LogP contribution in [0.5, 0.6) is 0 Å². The van der Waals surface area contributed by atoms with Crippen LogP contribution in [0.25, 0.3) is 0 Å². The summed E-state index contributed by atoms with van der Waals surface area (Å²) in [6, 6.07) is 0. The molecule has 1 unspecified atom stereocenters. The Kier molecular flexibility index (Phi) is 8.28. The number of carbonyl (C=O) groups is 4. The van der Waals surface area contributed by atoms with E-state index in [-0.39, 0.29) is 0 Å². The average Bonchev–Trinajstić information content (AvgIpc) is 2.24. The maximum atomic E-state index is 11.7. The quantitative estimate of drug-likeness (QED) is 0.471. The predicted octanol–water partition coefficient (Wildman–Crippen LogP) is 2.20. The molecule has 0 spiro atoms. The summed E-state index contributed by atoms with van der Waals surface area (Å²) >= 11 is 4.29. The first-order valence-corrected chi connectivity index (χ1v) is 5.41. The number of rotatable bonds is 5. The highest BCUT2D eigenvalue weighted by Crippen LogP contribution is 2.21. The topological polar surface area (TPSA) is 88.5 Å². The fourth-order valence-corrected chi connectivity index (χ4v) is 0.751. The summed E-state index contributed by atoms with van der Waals surface area (Å²) in [5, 5.41) is 4.10. The molecule has 11 heteroatoms. The van der Waals surface area contributed by atoms with Crippen LogP contribution in [0.1, 0.15) is 20.3 Å². The Hall–Kier alpha value is -1.58. The minimum Gasteiger partial charge on any atom is -0.481 e. The molecule has 0 saturated carbocycles. The largest absolute Gasteiger partial charge is 0.481 e. The van der Waals surface area contributed by atoms with E-state index in [1.165, 1.54) is 0 Å². The van der Waals surface area contributed by atoms with Gasteiger partial charge in [-0.25, -0.2) is 0 Å². The van der Waals surface area contributed by atoms with E-state index < -0.39 is 47.2 Å². The lowest BCUT2D eigenvalue weighted by Gasteiger charge is -2.07. The summed E-state index contributed by atoms with van der Waals surface area (Å²) in [4.78, 5) is 40.2. The van der Waals surface area contributed by atoms with Crippen LogP contribution in [0.15, 0.2) is 0 Å². The predicted molar refractivity (Wildman–Crippen MR) is 59.0 cm³/mol. The average molecular weight is 341 g/mol. The number of carbonyl (C=O) groups excluding carboxylic acids is 3. The molecule has 0 aromatic carbocycles. The number of aliphatic carboxylic acids is 1. The fourth-order valence-electron chi connectivity index (χ4n) is 0.684. The van der Waals surface area contributed by atoms with Gasteiger partial charge in [0.2, 0.25) is 11.6 Å². The minimum absolute atomic E-state index is 0.620. The molecule has 5 nitrogen and oxygen atoms in total. The Morgan fingerprint density at radius 2 is 1.48 bits per heavy atom. The van der Waals surface area contributed by atoms with Crippen molar-refractivity contribution in [3.05, 3.63) is 0 Å². The van der Waals surface area contributed by atoms with Crippen LogP contribution in [0.4, 0.5) is 22.0 Å². The van der Waals surface area contributed by atoms with E-state index in [2.05, 4.69) is 11.6 Å². The molecule has 0 aliphatic heterocycles. The SMILES string of the molecule is CC(=O)CC(=O)C(F)(F)Cl.CC(C(=O)O)C(=O)C(F)(F)F. The number of carboxylic acid groups (broad SMARTS) is 1. The summed E-state index contributed by atoms with van der Waals surface area (Å²) in [6.45, 7) is 1.73. The van der Waals surface area contributed by atoms with Gasteiger partial charge in [-0.05, 0) is 25.4 Å². The number of hydrogen-bond acceptors (Lipinski definition) is 4. The summed E-state index contributed by atoms with van der Waals surface area (Å²) in [5.74, 6) is -8.20. The zero-order chi connectivity index (χ0) is 17.6. The summed E-state index contributed by atoms with van der Waals surface area (Å²) in [5.41, 5.74) is 0. The van der Waals surface area contributed by atoms with Gasteiger partial charge in [0.25, 0.3) is 0 Å². The third kappa shape index (κ3) is 9.88. The van der Waals surface area contributed by atoms with Gasteiger partial charge in [-0.15, -0.1) is 0 Å². The van der Waals surface area contributed by atoms with E-state index in [0.29, 0.717) is 6.92 Å². The highest BCUT2D eigenvalue weighted by molar-refractivity contribution is 6.33. The molecular formula is C10H10ClF5O5. The lowest BCUT2D eigenvalue weighted by molar-refractivity contribution is -0.178. The van der Waals surface area contributed by atoms with Crippen molar-refractivity contribution in [2.24, 2.45) is 5.92 Å². The molecule has 0 rings (SSSR count). The second-order valence-corrected chi connectivity index (χ2v) is 4.20. The van der Waals surface area contributed by atoms with Crippen LogP contribution in [0.2, 0.25) is 0 Å². The van der Waals surface area contributed by atoms with Crippen LogP contribution in [-0.4, -0.2) is 40.0 Å². The first-order chi connectivity index (χ1) is 9.10. The molecule has 0 aliphatic carbocycles. The Balaban J connectivity index is 0. The third-order valence-electron chi connectivity index (χ3n) is 1.77. The first kappa shape index (κ1) is 21.7. The van der Waals surface area contributed by atoms with Crippen molar-refractivity contribution >= 4 is 34.9 Å². The van der Waals surface area contributed by atoms with Gasteiger partial charge in [0.15, 0.2) is 0 Å². The van der Waals surface area contributed by atoms with Gasteiger partial charge in [-0.2, -0.15) is 22.0 Å². The van der Waals surface area contributed by atoms with Crippen LogP contribution in [0, 0.1) is 5.92 Å². The van der Waals surface area contributed by atoms with Crippen molar-refractivity contribution < 1.29 is 46.2 Å². The number of carboxylic acids is 1. The van der Waals surface area contributed by atoms with Crippen molar-refractivity contribution in [2.45, 2.75) is 31.8 Å². The molecule has 0 bridgehead atoms. The van der Waals surface area contributed by atoms with Crippen molar-refractivity contribution in [3.63, 3.8) is 0 Å². The molecule has 0 amide bonds.